The van der Waals surface area contributed by atoms with E-state index in [-0.39, 0.29) is 17.0 Å². The summed E-state index contributed by atoms with van der Waals surface area (Å²) in [4.78, 5) is 23.3. The van der Waals surface area contributed by atoms with E-state index in [2.05, 4.69) is 4.90 Å². The van der Waals surface area contributed by atoms with Crippen molar-refractivity contribution in [2.24, 2.45) is 5.92 Å². The summed E-state index contributed by atoms with van der Waals surface area (Å²) in [5, 5.41) is 19.6. The predicted octanol–water partition coefficient (Wildman–Crippen LogP) is 2.59. The number of carboxylic acid groups (broad SMARTS) is 1. The van der Waals surface area contributed by atoms with E-state index >= 15 is 0 Å². The van der Waals surface area contributed by atoms with E-state index < -0.39 is 5.97 Å². The summed E-state index contributed by atoms with van der Waals surface area (Å²) in [7, 11) is 0. The number of nitro groups is 1. The van der Waals surface area contributed by atoms with Crippen LogP contribution in [0.2, 0.25) is 0 Å². The van der Waals surface area contributed by atoms with Crippen LogP contribution in [0.5, 0.6) is 0 Å². The third kappa shape index (κ3) is 3.26. The Morgan fingerprint density at radius 3 is 2.95 bits per heavy atom. The lowest BCUT2D eigenvalue weighted by Gasteiger charge is -2.18. The Morgan fingerprint density at radius 1 is 1.55 bits per heavy atom. The van der Waals surface area contributed by atoms with Crippen molar-refractivity contribution < 1.29 is 14.8 Å². The van der Waals surface area contributed by atoms with Crippen LogP contribution in [0.3, 0.4) is 0 Å². The van der Waals surface area contributed by atoms with Crippen molar-refractivity contribution in [1.29, 1.82) is 0 Å². The Kier molecular flexibility index (Phi) is 4.22. The molecule has 0 saturated carbocycles. The van der Waals surface area contributed by atoms with Crippen LogP contribution >= 0.6 is 0 Å². The van der Waals surface area contributed by atoms with Gasteiger partial charge in [-0.2, -0.15) is 0 Å². The largest absolute Gasteiger partial charge is 0.481 e. The first kappa shape index (κ1) is 14.3. The Labute approximate surface area is 117 Å². The topological polar surface area (TPSA) is 83.7 Å². The number of benzene rings is 1. The van der Waals surface area contributed by atoms with E-state index in [4.69, 9.17) is 5.11 Å². The van der Waals surface area contributed by atoms with Crippen LogP contribution in [-0.2, 0) is 4.79 Å². The van der Waals surface area contributed by atoms with Crippen LogP contribution in [0.1, 0.15) is 24.8 Å². The van der Waals surface area contributed by atoms with Crippen LogP contribution in [0.25, 0.3) is 0 Å². The number of nitro benzene ring substituents is 1. The fourth-order valence-corrected chi connectivity index (χ4v) is 2.62. The molecular formula is C14H18N2O4. The number of nitrogens with zero attached hydrogens (tertiary/aromatic N) is 2. The number of aliphatic carboxylic acids is 1. The van der Waals surface area contributed by atoms with E-state index in [1.807, 2.05) is 6.07 Å². The van der Waals surface area contributed by atoms with Crippen molar-refractivity contribution in [2.75, 3.05) is 18.0 Å². The summed E-state index contributed by atoms with van der Waals surface area (Å²) in [5.41, 5.74) is 1.64. The molecule has 0 amide bonds. The molecule has 1 fully saturated rings. The van der Waals surface area contributed by atoms with Crippen LogP contribution in [0.4, 0.5) is 11.4 Å². The van der Waals surface area contributed by atoms with Gasteiger partial charge >= 0.3 is 5.97 Å². The van der Waals surface area contributed by atoms with E-state index in [0.717, 1.165) is 25.2 Å². The van der Waals surface area contributed by atoms with Crippen molar-refractivity contribution in [3.05, 3.63) is 33.9 Å². The number of aryl methyl sites for hydroxylation is 1. The van der Waals surface area contributed by atoms with Gasteiger partial charge in [0.05, 0.1) is 4.92 Å². The molecule has 1 aromatic rings. The maximum atomic E-state index is 11.0. The molecule has 0 bridgehead atoms. The molecule has 0 spiro atoms. The molecule has 0 aliphatic carbocycles. The number of carboxylic acids is 1. The summed E-state index contributed by atoms with van der Waals surface area (Å²) in [6.07, 6.45) is 1.79. The average Bonchev–Trinajstić information content (AvgIpc) is 2.85. The summed E-state index contributed by atoms with van der Waals surface area (Å²) in [6.45, 7) is 3.32. The minimum atomic E-state index is -0.769. The van der Waals surface area contributed by atoms with Gasteiger partial charge in [0.1, 0.15) is 0 Å². The van der Waals surface area contributed by atoms with Crippen molar-refractivity contribution in [2.45, 2.75) is 26.2 Å². The first-order chi connectivity index (χ1) is 9.47. The SMILES string of the molecule is Cc1ccc(N2CCC(CCC(=O)O)C2)cc1[N+](=O)[O-]. The summed E-state index contributed by atoms with van der Waals surface area (Å²) in [5.74, 6) is -0.416. The quantitative estimate of drug-likeness (QED) is 0.661. The highest BCUT2D eigenvalue weighted by molar-refractivity contribution is 5.66. The molecule has 20 heavy (non-hydrogen) atoms. The molecule has 1 aliphatic rings. The zero-order valence-corrected chi connectivity index (χ0v) is 11.4. The van der Waals surface area contributed by atoms with Crippen LogP contribution in [0.15, 0.2) is 18.2 Å². The maximum absolute atomic E-state index is 11.0. The number of hydrogen-bond acceptors (Lipinski definition) is 4. The highest BCUT2D eigenvalue weighted by Gasteiger charge is 2.24. The Morgan fingerprint density at radius 2 is 2.30 bits per heavy atom. The second-order valence-electron chi connectivity index (χ2n) is 5.26. The molecular weight excluding hydrogens is 260 g/mol. The zero-order chi connectivity index (χ0) is 14.7. The van der Waals surface area contributed by atoms with Crippen molar-refractivity contribution >= 4 is 17.3 Å². The number of rotatable bonds is 5. The molecule has 1 saturated heterocycles. The standard InChI is InChI=1S/C14H18N2O4/c1-10-2-4-12(8-13(10)16(19)20)15-7-6-11(9-15)3-5-14(17)18/h2,4,8,11H,3,5-7,9H2,1H3,(H,17,18). The van der Waals surface area contributed by atoms with Gasteiger partial charge in [-0.1, -0.05) is 6.07 Å². The molecule has 2 rings (SSSR count). The van der Waals surface area contributed by atoms with Crippen LogP contribution in [-0.4, -0.2) is 29.1 Å². The Bertz CT molecular complexity index is 530. The van der Waals surface area contributed by atoms with Crippen LogP contribution < -0.4 is 4.90 Å². The molecule has 6 nitrogen and oxygen atoms in total. The number of carbonyl (C=O) groups is 1. The first-order valence-corrected chi connectivity index (χ1v) is 6.69. The molecule has 0 radical (unpaired) electrons. The second-order valence-corrected chi connectivity index (χ2v) is 5.26. The lowest BCUT2D eigenvalue weighted by Crippen LogP contribution is -2.20. The molecule has 6 heteroatoms. The molecule has 1 aromatic carbocycles. The summed E-state index contributed by atoms with van der Waals surface area (Å²) in [6, 6.07) is 5.26. The van der Waals surface area contributed by atoms with E-state index in [1.165, 1.54) is 0 Å². The normalized spacial score (nSPS) is 18.2. The minimum absolute atomic E-state index is 0.136. The van der Waals surface area contributed by atoms with Gasteiger partial charge in [0.25, 0.3) is 5.69 Å². The number of hydrogen-bond donors (Lipinski definition) is 1. The molecule has 1 atom stereocenters. The first-order valence-electron chi connectivity index (χ1n) is 6.69. The van der Waals surface area contributed by atoms with Crippen molar-refractivity contribution in [3.63, 3.8) is 0 Å². The molecule has 1 unspecified atom stereocenters. The molecule has 0 aromatic heterocycles. The van der Waals surface area contributed by atoms with Gasteiger partial charge < -0.3 is 10.0 Å². The lowest BCUT2D eigenvalue weighted by atomic mass is 10.0. The molecule has 1 heterocycles. The van der Waals surface area contributed by atoms with E-state index in [9.17, 15) is 14.9 Å². The fourth-order valence-electron chi connectivity index (χ4n) is 2.62. The second kappa shape index (κ2) is 5.90. The van der Waals surface area contributed by atoms with Crippen molar-refractivity contribution in [3.8, 4) is 0 Å². The van der Waals surface area contributed by atoms with E-state index in [1.54, 1.807) is 19.1 Å². The highest BCUT2D eigenvalue weighted by atomic mass is 16.6. The highest BCUT2D eigenvalue weighted by Crippen LogP contribution is 2.30. The monoisotopic (exact) mass is 278 g/mol. The molecule has 1 N–H and O–H groups in total. The van der Waals surface area contributed by atoms with Gasteiger partial charge in [-0.25, -0.2) is 0 Å². The van der Waals surface area contributed by atoms with E-state index in [0.29, 0.717) is 17.9 Å². The van der Waals surface area contributed by atoms with Crippen molar-refractivity contribution in [1.82, 2.24) is 0 Å². The van der Waals surface area contributed by atoms with Gasteiger partial charge in [0, 0.05) is 36.8 Å². The third-order valence-corrected chi connectivity index (χ3v) is 3.81. The maximum Gasteiger partial charge on any atom is 0.303 e. The summed E-state index contributed by atoms with van der Waals surface area (Å²) < 4.78 is 0. The fraction of sp³-hybridized carbons (Fsp3) is 0.500. The lowest BCUT2D eigenvalue weighted by molar-refractivity contribution is -0.385. The van der Waals surface area contributed by atoms with Gasteiger partial charge in [0.15, 0.2) is 0 Å². The predicted molar refractivity (Wildman–Crippen MR) is 75.0 cm³/mol. The third-order valence-electron chi connectivity index (χ3n) is 3.81. The summed E-state index contributed by atoms with van der Waals surface area (Å²) >= 11 is 0. The smallest absolute Gasteiger partial charge is 0.303 e. The molecule has 108 valence electrons. The van der Waals surface area contributed by atoms with Crippen LogP contribution in [0, 0.1) is 23.0 Å². The Balaban J connectivity index is 2.04. The number of anilines is 1. The minimum Gasteiger partial charge on any atom is -0.481 e. The molecule has 1 aliphatic heterocycles. The van der Waals surface area contributed by atoms with Gasteiger partial charge in [-0.3, -0.25) is 14.9 Å². The average molecular weight is 278 g/mol. The van der Waals surface area contributed by atoms with Gasteiger partial charge in [-0.15, -0.1) is 0 Å². The van der Waals surface area contributed by atoms with Gasteiger partial charge in [-0.05, 0) is 31.7 Å². The van der Waals surface area contributed by atoms with Gasteiger partial charge in [0.2, 0.25) is 0 Å². The zero-order valence-electron chi connectivity index (χ0n) is 11.4. The Hall–Kier alpha value is -2.11.